The van der Waals surface area contributed by atoms with Gasteiger partial charge in [-0.2, -0.15) is 0 Å². The first kappa shape index (κ1) is 16.4. The van der Waals surface area contributed by atoms with Crippen LogP contribution in [0.2, 0.25) is 0 Å². The molecule has 1 aromatic carbocycles. The summed E-state index contributed by atoms with van der Waals surface area (Å²) in [4.78, 5) is 24.5. The molecule has 0 aromatic heterocycles. The van der Waals surface area contributed by atoms with Crippen molar-refractivity contribution in [2.45, 2.75) is 25.9 Å². The van der Waals surface area contributed by atoms with Crippen LogP contribution in [0, 0.1) is 16.0 Å². The second-order valence-corrected chi connectivity index (χ2v) is 5.66. The molecule has 2 rings (SSSR count). The summed E-state index contributed by atoms with van der Waals surface area (Å²) in [5.41, 5.74) is 0.118. The maximum Gasteiger partial charge on any atom is 0.292 e. The molecule has 1 aliphatic rings. The van der Waals surface area contributed by atoms with E-state index >= 15 is 0 Å². The van der Waals surface area contributed by atoms with Crippen LogP contribution in [-0.4, -0.2) is 46.6 Å². The highest BCUT2D eigenvalue weighted by Gasteiger charge is 2.26. The fourth-order valence-corrected chi connectivity index (χ4v) is 2.67. The van der Waals surface area contributed by atoms with Crippen molar-refractivity contribution in [1.82, 2.24) is 4.90 Å². The van der Waals surface area contributed by atoms with Gasteiger partial charge in [0, 0.05) is 25.6 Å². The van der Waals surface area contributed by atoms with E-state index in [4.69, 9.17) is 0 Å². The Kier molecular flexibility index (Phi) is 5.46. The minimum atomic E-state index is -0.511. The van der Waals surface area contributed by atoms with Crippen molar-refractivity contribution in [1.29, 1.82) is 0 Å². The maximum absolute atomic E-state index is 11.9. The normalized spacial score (nSPS) is 19.8. The molecule has 22 heavy (non-hydrogen) atoms. The summed E-state index contributed by atoms with van der Waals surface area (Å²) < 4.78 is 0. The molecule has 1 aromatic rings. The molecule has 0 spiro atoms. The standard InChI is InChI=1S/C15H21N3O4/c1-11(19)12-6-8-17(10-12)9-7-15(20)16-13-4-2-3-5-14(13)18(21)22/h2-5,11-12,19H,6-10H2,1H3,(H,16,20). The fraction of sp³-hybridized carbons (Fsp3) is 0.533. The summed E-state index contributed by atoms with van der Waals surface area (Å²) in [5.74, 6) is 0.0214. The quantitative estimate of drug-likeness (QED) is 0.615. The van der Waals surface area contributed by atoms with E-state index in [0.717, 1.165) is 19.5 Å². The summed E-state index contributed by atoms with van der Waals surface area (Å²) in [6.07, 6.45) is 0.882. The van der Waals surface area contributed by atoms with Crippen LogP contribution in [0.3, 0.4) is 0 Å². The van der Waals surface area contributed by atoms with Gasteiger partial charge in [0.25, 0.3) is 5.69 Å². The van der Waals surface area contributed by atoms with Crippen LogP contribution in [0.4, 0.5) is 11.4 Å². The van der Waals surface area contributed by atoms with Crippen molar-refractivity contribution in [3.63, 3.8) is 0 Å². The van der Waals surface area contributed by atoms with Gasteiger partial charge >= 0.3 is 0 Å². The van der Waals surface area contributed by atoms with Gasteiger partial charge in [0.1, 0.15) is 5.69 Å². The van der Waals surface area contributed by atoms with E-state index in [-0.39, 0.29) is 35.7 Å². The minimum Gasteiger partial charge on any atom is -0.393 e. The molecule has 0 radical (unpaired) electrons. The molecule has 0 saturated carbocycles. The Labute approximate surface area is 129 Å². The lowest BCUT2D eigenvalue weighted by atomic mass is 10.0. The molecule has 1 saturated heterocycles. The van der Waals surface area contributed by atoms with Crippen molar-refractivity contribution in [2.24, 2.45) is 5.92 Å². The predicted molar refractivity (Wildman–Crippen MR) is 82.6 cm³/mol. The lowest BCUT2D eigenvalue weighted by Crippen LogP contribution is -2.28. The number of nitro groups is 1. The molecule has 7 nitrogen and oxygen atoms in total. The number of nitrogens with zero attached hydrogens (tertiary/aromatic N) is 2. The predicted octanol–water partition coefficient (Wildman–Crippen LogP) is 1.63. The van der Waals surface area contributed by atoms with E-state index in [0.29, 0.717) is 6.54 Å². The van der Waals surface area contributed by atoms with Crippen LogP contribution in [-0.2, 0) is 4.79 Å². The van der Waals surface area contributed by atoms with Crippen molar-refractivity contribution >= 4 is 17.3 Å². The van der Waals surface area contributed by atoms with Crippen molar-refractivity contribution in [2.75, 3.05) is 25.0 Å². The van der Waals surface area contributed by atoms with E-state index in [1.54, 1.807) is 19.1 Å². The van der Waals surface area contributed by atoms with Gasteiger partial charge < -0.3 is 15.3 Å². The zero-order valence-electron chi connectivity index (χ0n) is 12.6. The third-order valence-electron chi connectivity index (χ3n) is 4.02. The van der Waals surface area contributed by atoms with Crippen molar-refractivity contribution < 1.29 is 14.8 Å². The third-order valence-corrected chi connectivity index (χ3v) is 4.02. The van der Waals surface area contributed by atoms with Crippen LogP contribution in [0.15, 0.2) is 24.3 Å². The van der Waals surface area contributed by atoms with Crippen LogP contribution in [0.25, 0.3) is 0 Å². The van der Waals surface area contributed by atoms with Gasteiger partial charge in [-0.05, 0) is 31.9 Å². The first-order chi connectivity index (χ1) is 10.5. The number of likely N-dealkylation sites (tertiary alicyclic amines) is 1. The molecule has 2 N–H and O–H groups in total. The average molecular weight is 307 g/mol. The molecule has 0 aliphatic carbocycles. The molecular weight excluding hydrogens is 286 g/mol. The number of carbonyl (C=O) groups excluding carboxylic acids is 1. The van der Waals surface area contributed by atoms with Gasteiger partial charge in [-0.1, -0.05) is 12.1 Å². The monoisotopic (exact) mass is 307 g/mol. The number of para-hydroxylation sites is 2. The highest BCUT2D eigenvalue weighted by molar-refractivity contribution is 5.93. The van der Waals surface area contributed by atoms with Crippen molar-refractivity contribution in [3.05, 3.63) is 34.4 Å². The number of benzene rings is 1. The number of aliphatic hydroxyl groups is 1. The van der Waals surface area contributed by atoms with Crippen LogP contribution >= 0.6 is 0 Å². The topological polar surface area (TPSA) is 95.7 Å². The molecule has 1 amide bonds. The summed E-state index contributed by atoms with van der Waals surface area (Å²) in [5, 5.41) is 23.0. The summed E-state index contributed by atoms with van der Waals surface area (Å²) >= 11 is 0. The minimum absolute atomic E-state index is 0.105. The summed E-state index contributed by atoms with van der Waals surface area (Å²) in [6.45, 7) is 4.04. The molecule has 7 heteroatoms. The molecule has 2 atom stereocenters. The summed E-state index contributed by atoms with van der Waals surface area (Å²) in [6, 6.07) is 6.10. The number of amides is 1. The number of hydrogen-bond acceptors (Lipinski definition) is 5. The number of nitro benzene ring substituents is 1. The van der Waals surface area contributed by atoms with Gasteiger partial charge in [-0.15, -0.1) is 0 Å². The molecule has 1 fully saturated rings. The third kappa shape index (κ3) is 4.25. The zero-order chi connectivity index (χ0) is 16.1. The molecular formula is C15H21N3O4. The Balaban J connectivity index is 1.83. The maximum atomic E-state index is 11.9. The van der Waals surface area contributed by atoms with Gasteiger partial charge in [0.2, 0.25) is 5.91 Å². The Morgan fingerprint density at radius 1 is 1.55 bits per heavy atom. The van der Waals surface area contributed by atoms with E-state index in [2.05, 4.69) is 10.2 Å². The smallest absolute Gasteiger partial charge is 0.292 e. The fourth-order valence-electron chi connectivity index (χ4n) is 2.67. The van der Waals surface area contributed by atoms with E-state index in [1.165, 1.54) is 12.1 Å². The zero-order valence-corrected chi connectivity index (χ0v) is 12.6. The van der Waals surface area contributed by atoms with Gasteiger partial charge in [0.15, 0.2) is 0 Å². The molecule has 120 valence electrons. The van der Waals surface area contributed by atoms with Crippen LogP contribution in [0.1, 0.15) is 19.8 Å². The van der Waals surface area contributed by atoms with E-state index in [1.807, 2.05) is 0 Å². The number of nitrogens with one attached hydrogen (secondary N) is 1. The molecule has 2 unspecified atom stereocenters. The van der Waals surface area contributed by atoms with Crippen LogP contribution in [0.5, 0.6) is 0 Å². The lowest BCUT2D eigenvalue weighted by Gasteiger charge is -2.17. The van der Waals surface area contributed by atoms with E-state index < -0.39 is 4.92 Å². The Bertz CT molecular complexity index is 547. The molecule has 0 bridgehead atoms. The van der Waals surface area contributed by atoms with Gasteiger partial charge in [-0.25, -0.2) is 0 Å². The second kappa shape index (κ2) is 7.33. The Hall–Kier alpha value is -1.99. The van der Waals surface area contributed by atoms with Crippen LogP contribution < -0.4 is 5.32 Å². The number of carbonyl (C=O) groups is 1. The molecule has 1 aliphatic heterocycles. The number of aliphatic hydroxyl groups excluding tert-OH is 1. The Morgan fingerprint density at radius 3 is 2.91 bits per heavy atom. The lowest BCUT2D eigenvalue weighted by molar-refractivity contribution is -0.383. The second-order valence-electron chi connectivity index (χ2n) is 5.66. The Morgan fingerprint density at radius 2 is 2.27 bits per heavy atom. The number of hydrogen-bond donors (Lipinski definition) is 2. The first-order valence-electron chi connectivity index (χ1n) is 7.41. The largest absolute Gasteiger partial charge is 0.393 e. The van der Waals surface area contributed by atoms with Crippen molar-refractivity contribution in [3.8, 4) is 0 Å². The average Bonchev–Trinajstić information content (AvgIpc) is 2.94. The first-order valence-corrected chi connectivity index (χ1v) is 7.41. The number of anilines is 1. The highest BCUT2D eigenvalue weighted by Crippen LogP contribution is 2.23. The SMILES string of the molecule is CC(O)C1CCN(CCC(=O)Nc2ccccc2[N+](=O)[O-])C1. The number of rotatable bonds is 6. The van der Waals surface area contributed by atoms with Gasteiger partial charge in [0.05, 0.1) is 11.0 Å². The highest BCUT2D eigenvalue weighted by atomic mass is 16.6. The molecule has 1 heterocycles. The summed E-state index contributed by atoms with van der Waals surface area (Å²) in [7, 11) is 0. The van der Waals surface area contributed by atoms with E-state index in [9.17, 15) is 20.0 Å². The van der Waals surface area contributed by atoms with Gasteiger partial charge in [-0.3, -0.25) is 14.9 Å².